The molecule has 110 valence electrons. The molecule has 10 heteroatoms. The van der Waals surface area contributed by atoms with Crippen molar-refractivity contribution in [2.24, 2.45) is 7.05 Å². The fourth-order valence-corrected chi connectivity index (χ4v) is 2.39. The minimum Gasteiger partial charge on any atom is -0.265 e. The summed E-state index contributed by atoms with van der Waals surface area (Å²) in [7, 11) is 1.51. The first-order valence-electron chi connectivity index (χ1n) is 5.61. The maximum atomic E-state index is 13.5. The molecule has 0 saturated heterocycles. The van der Waals surface area contributed by atoms with Crippen LogP contribution in [0.2, 0.25) is 0 Å². The zero-order valence-electron chi connectivity index (χ0n) is 10.7. The fraction of sp³-hybridized carbons (Fsp3) is 0.182. The summed E-state index contributed by atoms with van der Waals surface area (Å²) in [6, 6.07) is 3.54. The number of rotatable bonds is 4. The van der Waals surface area contributed by atoms with Crippen molar-refractivity contribution < 1.29 is 9.31 Å². The molecule has 1 N–H and O–H groups in total. The predicted molar refractivity (Wildman–Crippen MR) is 72.7 cm³/mol. The van der Waals surface area contributed by atoms with Gasteiger partial charge in [-0.1, -0.05) is 17.8 Å². The van der Waals surface area contributed by atoms with Crippen LogP contribution in [0, 0.1) is 15.9 Å². The van der Waals surface area contributed by atoms with Crippen LogP contribution in [0.4, 0.5) is 10.1 Å². The molecule has 0 radical (unpaired) electrons. The number of nitro groups is 1. The SMILES string of the molecule is Cn1[nH]c(=O)c(=O)nc1SCc1ccc([N+](=O)[O-])c(F)c1. The summed E-state index contributed by atoms with van der Waals surface area (Å²) in [5, 5.41) is 13.0. The molecule has 8 nitrogen and oxygen atoms in total. The van der Waals surface area contributed by atoms with E-state index < -0.39 is 27.5 Å². The standard InChI is InChI=1S/C11H9FN4O4S/c1-15-11(13-9(17)10(18)14-15)21-5-6-2-3-8(16(19)20)7(12)4-6/h2-4H,5H2,1H3,(H,14,18). The van der Waals surface area contributed by atoms with Crippen LogP contribution in [0.3, 0.4) is 0 Å². The summed E-state index contributed by atoms with van der Waals surface area (Å²) in [4.78, 5) is 35.5. The second kappa shape index (κ2) is 5.87. The number of thioether (sulfide) groups is 1. The van der Waals surface area contributed by atoms with Gasteiger partial charge in [-0.05, 0) is 11.6 Å². The summed E-state index contributed by atoms with van der Waals surface area (Å²) in [6.07, 6.45) is 0. The van der Waals surface area contributed by atoms with Crippen molar-refractivity contribution in [3.63, 3.8) is 0 Å². The summed E-state index contributed by atoms with van der Waals surface area (Å²) in [6.45, 7) is 0. The number of nitrogens with one attached hydrogen (secondary N) is 1. The molecule has 0 saturated carbocycles. The third-order valence-corrected chi connectivity index (χ3v) is 3.63. The summed E-state index contributed by atoms with van der Waals surface area (Å²) in [5.74, 6) is -0.692. The first-order valence-corrected chi connectivity index (χ1v) is 6.60. The second-order valence-corrected chi connectivity index (χ2v) is 4.97. The molecule has 1 aromatic heterocycles. The van der Waals surface area contributed by atoms with Gasteiger partial charge in [-0.25, -0.2) is 0 Å². The molecular weight excluding hydrogens is 303 g/mol. The van der Waals surface area contributed by atoms with E-state index in [0.717, 1.165) is 23.9 Å². The van der Waals surface area contributed by atoms with Gasteiger partial charge in [-0.2, -0.15) is 9.37 Å². The van der Waals surface area contributed by atoms with E-state index in [4.69, 9.17) is 0 Å². The Morgan fingerprint density at radius 3 is 2.81 bits per heavy atom. The number of aromatic amines is 1. The molecule has 0 aliphatic carbocycles. The molecule has 0 spiro atoms. The van der Waals surface area contributed by atoms with Gasteiger partial charge in [-0.3, -0.25) is 29.5 Å². The molecule has 2 aromatic rings. The number of benzene rings is 1. The van der Waals surface area contributed by atoms with Gasteiger partial charge >= 0.3 is 16.8 Å². The Bertz CT molecular complexity index is 817. The van der Waals surface area contributed by atoms with E-state index in [1.807, 2.05) is 0 Å². The minimum atomic E-state index is -0.929. The van der Waals surface area contributed by atoms with Gasteiger partial charge in [-0.15, -0.1) is 0 Å². The lowest BCUT2D eigenvalue weighted by Crippen LogP contribution is -2.33. The molecule has 0 aliphatic rings. The van der Waals surface area contributed by atoms with Crippen LogP contribution < -0.4 is 11.1 Å². The Morgan fingerprint density at radius 2 is 2.19 bits per heavy atom. The highest BCUT2D eigenvalue weighted by Gasteiger charge is 2.14. The van der Waals surface area contributed by atoms with Crippen molar-refractivity contribution in [3.05, 3.63) is 60.4 Å². The molecule has 0 atom stereocenters. The van der Waals surface area contributed by atoms with Crippen LogP contribution in [0.1, 0.15) is 5.56 Å². The normalized spacial score (nSPS) is 10.6. The highest BCUT2D eigenvalue weighted by Crippen LogP contribution is 2.23. The van der Waals surface area contributed by atoms with Crippen LogP contribution in [-0.4, -0.2) is 19.7 Å². The van der Waals surface area contributed by atoms with Gasteiger partial charge in [0.2, 0.25) is 5.82 Å². The third kappa shape index (κ3) is 3.34. The lowest BCUT2D eigenvalue weighted by molar-refractivity contribution is -0.387. The molecule has 0 aliphatic heterocycles. The number of hydrogen-bond acceptors (Lipinski definition) is 6. The highest BCUT2D eigenvalue weighted by atomic mass is 32.2. The van der Waals surface area contributed by atoms with Crippen LogP contribution in [-0.2, 0) is 12.8 Å². The molecule has 0 amide bonds. The first kappa shape index (κ1) is 14.9. The van der Waals surface area contributed by atoms with E-state index in [2.05, 4.69) is 10.1 Å². The van der Waals surface area contributed by atoms with Gasteiger partial charge < -0.3 is 0 Å². The molecule has 0 bridgehead atoms. The smallest absolute Gasteiger partial charge is 0.265 e. The van der Waals surface area contributed by atoms with Gasteiger partial charge in [0.1, 0.15) is 0 Å². The summed E-state index contributed by atoms with van der Waals surface area (Å²) < 4.78 is 14.7. The number of nitro benzene ring substituents is 1. The Morgan fingerprint density at radius 1 is 1.48 bits per heavy atom. The topological polar surface area (TPSA) is 111 Å². The molecule has 2 rings (SSSR count). The lowest BCUT2D eigenvalue weighted by Gasteiger charge is -2.06. The summed E-state index contributed by atoms with van der Waals surface area (Å²) >= 11 is 1.09. The minimum absolute atomic E-state index is 0.237. The zero-order valence-corrected chi connectivity index (χ0v) is 11.5. The van der Waals surface area contributed by atoms with E-state index >= 15 is 0 Å². The number of hydrogen-bond donors (Lipinski definition) is 1. The Hall–Kier alpha value is -2.49. The van der Waals surface area contributed by atoms with Crippen LogP contribution in [0.15, 0.2) is 32.9 Å². The van der Waals surface area contributed by atoms with Gasteiger partial charge in [0.05, 0.1) is 4.92 Å². The predicted octanol–water partition coefficient (Wildman–Crippen LogP) is 0.808. The van der Waals surface area contributed by atoms with Crippen molar-refractivity contribution in [2.45, 2.75) is 10.9 Å². The van der Waals surface area contributed by atoms with Gasteiger partial charge in [0.15, 0.2) is 5.16 Å². The molecular formula is C11H9FN4O4S. The van der Waals surface area contributed by atoms with E-state index in [0.29, 0.717) is 5.56 Å². The van der Waals surface area contributed by atoms with Crippen molar-refractivity contribution in [1.82, 2.24) is 14.8 Å². The monoisotopic (exact) mass is 312 g/mol. The number of halogens is 1. The van der Waals surface area contributed by atoms with Crippen LogP contribution in [0.5, 0.6) is 0 Å². The molecule has 0 fully saturated rings. The zero-order chi connectivity index (χ0) is 15.6. The number of aromatic nitrogens is 3. The lowest BCUT2D eigenvalue weighted by atomic mass is 10.2. The number of nitrogens with zero attached hydrogens (tertiary/aromatic N) is 3. The van der Waals surface area contributed by atoms with Crippen molar-refractivity contribution in [1.29, 1.82) is 0 Å². The Balaban J connectivity index is 2.19. The van der Waals surface area contributed by atoms with Gasteiger partial charge in [0, 0.05) is 18.9 Å². The van der Waals surface area contributed by atoms with E-state index in [-0.39, 0.29) is 10.9 Å². The van der Waals surface area contributed by atoms with Crippen molar-refractivity contribution >= 4 is 17.4 Å². The molecule has 0 unspecified atom stereocenters. The van der Waals surface area contributed by atoms with Crippen LogP contribution in [0.25, 0.3) is 0 Å². The molecule has 1 heterocycles. The molecule has 21 heavy (non-hydrogen) atoms. The van der Waals surface area contributed by atoms with E-state index in [9.17, 15) is 24.1 Å². The average Bonchev–Trinajstić information content (AvgIpc) is 2.41. The largest absolute Gasteiger partial charge is 0.339 e. The molecule has 1 aromatic carbocycles. The highest BCUT2D eigenvalue weighted by molar-refractivity contribution is 7.98. The summed E-state index contributed by atoms with van der Waals surface area (Å²) in [5.41, 5.74) is -1.85. The van der Waals surface area contributed by atoms with E-state index in [1.54, 1.807) is 0 Å². The second-order valence-electron chi connectivity index (χ2n) is 4.03. The number of aryl methyl sites for hydroxylation is 1. The van der Waals surface area contributed by atoms with Crippen molar-refractivity contribution in [3.8, 4) is 0 Å². The first-order chi connectivity index (χ1) is 9.88. The van der Waals surface area contributed by atoms with Crippen molar-refractivity contribution in [2.75, 3.05) is 0 Å². The Labute approximate surface area is 120 Å². The fourth-order valence-electron chi connectivity index (χ4n) is 1.53. The third-order valence-electron chi connectivity index (χ3n) is 2.52. The van der Waals surface area contributed by atoms with E-state index in [1.165, 1.54) is 17.8 Å². The number of H-pyrrole nitrogens is 1. The average molecular weight is 312 g/mol. The van der Waals surface area contributed by atoms with Gasteiger partial charge in [0.25, 0.3) is 0 Å². The van der Waals surface area contributed by atoms with Crippen LogP contribution >= 0.6 is 11.8 Å². The maximum absolute atomic E-state index is 13.5. The maximum Gasteiger partial charge on any atom is 0.339 e. The Kier molecular flexibility index (Phi) is 4.17. The quantitative estimate of drug-likeness (QED) is 0.387.